The van der Waals surface area contributed by atoms with Crippen LogP contribution in [0.2, 0.25) is 0 Å². The molecular weight excluding hydrogens is 438 g/mol. The zero-order valence-corrected chi connectivity index (χ0v) is 20.6. The second kappa shape index (κ2) is 11.2. The lowest BCUT2D eigenvalue weighted by Gasteiger charge is -2.18. The molecule has 8 heteroatoms. The van der Waals surface area contributed by atoms with Crippen LogP contribution in [0.3, 0.4) is 0 Å². The fourth-order valence-electron chi connectivity index (χ4n) is 3.51. The number of fused-ring (bicyclic) bond motifs is 1. The molecule has 0 spiro atoms. The normalized spacial score (nSPS) is 12.1. The summed E-state index contributed by atoms with van der Waals surface area (Å²) in [7, 11) is 3.19. The van der Waals surface area contributed by atoms with Crippen LogP contribution in [-0.4, -0.2) is 35.4 Å². The fourth-order valence-corrected chi connectivity index (χ4v) is 4.35. The average Bonchev–Trinajstić information content (AvgIpc) is 2.81. The molecule has 0 aliphatic rings. The number of amides is 1. The molecule has 3 rings (SSSR count). The van der Waals surface area contributed by atoms with Gasteiger partial charge in [0.1, 0.15) is 11.5 Å². The van der Waals surface area contributed by atoms with Gasteiger partial charge in [0.05, 0.1) is 36.9 Å². The van der Waals surface area contributed by atoms with Gasteiger partial charge in [-0.2, -0.15) is 0 Å². The molecule has 1 atom stereocenters. The van der Waals surface area contributed by atoms with Crippen LogP contribution in [0.15, 0.2) is 52.4 Å². The first-order chi connectivity index (χ1) is 15.8. The van der Waals surface area contributed by atoms with Gasteiger partial charge in [-0.05, 0) is 49.6 Å². The number of thioether (sulfide) groups is 1. The first-order valence-corrected chi connectivity index (χ1v) is 12.0. The number of ether oxygens (including phenoxy) is 2. The molecule has 0 fully saturated rings. The number of rotatable bonds is 10. The highest BCUT2D eigenvalue weighted by Crippen LogP contribution is 2.29. The molecule has 33 heavy (non-hydrogen) atoms. The number of methoxy groups -OCH3 is 2. The molecule has 0 bridgehead atoms. The number of carbonyl (C=O) groups is 1. The van der Waals surface area contributed by atoms with Crippen LogP contribution >= 0.6 is 11.8 Å². The predicted octanol–water partition coefficient (Wildman–Crippen LogP) is 4.43. The lowest BCUT2D eigenvalue weighted by molar-refractivity contribution is -0.119. The number of nitrogens with one attached hydrogen (secondary N) is 1. The second-order valence-electron chi connectivity index (χ2n) is 8.24. The minimum Gasteiger partial charge on any atom is -0.497 e. The Morgan fingerprint density at radius 1 is 1.12 bits per heavy atom. The molecule has 0 radical (unpaired) electrons. The van der Waals surface area contributed by atoms with E-state index in [1.807, 2.05) is 43.3 Å². The Hall–Kier alpha value is -3.00. The SMILES string of the molecule is COc1ccc(OC)c([C@@H](C)NC(=O)CSc2nc3ccccc3c(=O)n2CCC(C)C)c1. The van der Waals surface area contributed by atoms with Gasteiger partial charge in [0.15, 0.2) is 5.16 Å². The predicted molar refractivity (Wildman–Crippen MR) is 132 cm³/mol. The Morgan fingerprint density at radius 3 is 2.58 bits per heavy atom. The Kier molecular flexibility index (Phi) is 8.38. The van der Waals surface area contributed by atoms with Gasteiger partial charge in [0.2, 0.25) is 5.91 Å². The number of hydrogen-bond acceptors (Lipinski definition) is 6. The van der Waals surface area contributed by atoms with Crippen LogP contribution in [-0.2, 0) is 11.3 Å². The van der Waals surface area contributed by atoms with Gasteiger partial charge < -0.3 is 14.8 Å². The molecule has 3 aromatic rings. The van der Waals surface area contributed by atoms with E-state index in [9.17, 15) is 9.59 Å². The molecule has 0 unspecified atom stereocenters. The summed E-state index contributed by atoms with van der Waals surface area (Å²) >= 11 is 1.27. The zero-order valence-electron chi connectivity index (χ0n) is 19.8. The monoisotopic (exact) mass is 469 g/mol. The van der Waals surface area contributed by atoms with E-state index < -0.39 is 0 Å². The van der Waals surface area contributed by atoms with Crippen molar-refractivity contribution in [1.29, 1.82) is 0 Å². The quantitative estimate of drug-likeness (QED) is 0.349. The number of benzene rings is 2. The lowest BCUT2D eigenvalue weighted by Crippen LogP contribution is -2.29. The summed E-state index contributed by atoms with van der Waals surface area (Å²) in [5.41, 5.74) is 1.40. The minimum atomic E-state index is -0.282. The number of para-hydroxylation sites is 1. The summed E-state index contributed by atoms with van der Waals surface area (Å²) in [4.78, 5) is 30.5. The molecule has 0 aliphatic heterocycles. The topological polar surface area (TPSA) is 82.5 Å². The number of nitrogens with zero attached hydrogens (tertiary/aromatic N) is 2. The van der Waals surface area contributed by atoms with Crippen LogP contribution in [0.4, 0.5) is 0 Å². The van der Waals surface area contributed by atoms with E-state index in [2.05, 4.69) is 24.1 Å². The third-order valence-electron chi connectivity index (χ3n) is 5.37. The average molecular weight is 470 g/mol. The molecule has 0 saturated carbocycles. The van der Waals surface area contributed by atoms with E-state index in [4.69, 9.17) is 9.47 Å². The molecular formula is C25H31N3O4S. The maximum atomic E-state index is 13.1. The summed E-state index contributed by atoms with van der Waals surface area (Å²) in [6, 6.07) is 12.5. The highest BCUT2D eigenvalue weighted by molar-refractivity contribution is 7.99. The Morgan fingerprint density at radius 2 is 1.88 bits per heavy atom. The summed E-state index contributed by atoms with van der Waals surface area (Å²) in [5.74, 6) is 1.80. The minimum absolute atomic E-state index is 0.0707. The van der Waals surface area contributed by atoms with Crippen LogP contribution < -0.4 is 20.3 Å². The van der Waals surface area contributed by atoms with Crippen molar-refractivity contribution in [2.75, 3.05) is 20.0 Å². The molecule has 1 aromatic heterocycles. The van der Waals surface area contributed by atoms with Crippen molar-refractivity contribution in [3.63, 3.8) is 0 Å². The molecule has 1 N–H and O–H groups in total. The third-order valence-corrected chi connectivity index (χ3v) is 6.35. The van der Waals surface area contributed by atoms with Crippen molar-refractivity contribution < 1.29 is 14.3 Å². The summed E-state index contributed by atoms with van der Waals surface area (Å²) in [6.07, 6.45) is 0.854. The van der Waals surface area contributed by atoms with Crippen molar-refractivity contribution in [1.82, 2.24) is 14.9 Å². The Bertz CT molecular complexity index is 1180. The fraction of sp³-hybridized carbons (Fsp3) is 0.400. The van der Waals surface area contributed by atoms with E-state index in [-0.39, 0.29) is 23.3 Å². The van der Waals surface area contributed by atoms with E-state index >= 15 is 0 Å². The summed E-state index contributed by atoms with van der Waals surface area (Å²) < 4.78 is 12.4. The van der Waals surface area contributed by atoms with Crippen LogP contribution in [0.5, 0.6) is 11.5 Å². The molecule has 176 valence electrons. The summed E-state index contributed by atoms with van der Waals surface area (Å²) in [5, 5.41) is 4.15. The first kappa shape index (κ1) is 24.6. The van der Waals surface area contributed by atoms with E-state index in [1.54, 1.807) is 24.9 Å². The maximum Gasteiger partial charge on any atom is 0.262 e. The highest BCUT2D eigenvalue weighted by Gasteiger charge is 2.17. The van der Waals surface area contributed by atoms with Crippen molar-refractivity contribution in [2.45, 2.75) is 44.9 Å². The van der Waals surface area contributed by atoms with E-state index in [1.165, 1.54) is 11.8 Å². The van der Waals surface area contributed by atoms with Crippen molar-refractivity contribution in [3.8, 4) is 11.5 Å². The lowest BCUT2D eigenvalue weighted by atomic mass is 10.1. The van der Waals surface area contributed by atoms with E-state index in [0.29, 0.717) is 40.0 Å². The highest BCUT2D eigenvalue weighted by atomic mass is 32.2. The molecule has 2 aromatic carbocycles. The van der Waals surface area contributed by atoms with Crippen molar-refractivity contribution >= 4 is 28.6 Å². The van der Waals surface area contributed by atoms with Gasteiger partial charge in [0.25, 0.3) is 5.56 Å². The van der Waals surface area contributed by atoms with Gasteiger partial charge in [-0.1, -0.05) is 37.7 Å². The second-order valence-corrected chi connectivity index (χ2v) is 9.18. The standard InChI is InChI=1S/C25H31N3O4S/c1-16(2)12-13-28-24(30)19-8-6-7-9-21(19)27-25(28)33-15-23(29)26-17(3)20-14-18(31-4)10-11-22(20)32-5/h6-11,14,16-17H,12-13,15H2,1-5H3,(H,26,29)/t17-/m1/s1. The van der Waals surface area contributed by atoms with Gasteiger partial charge in [0, 0.05) is 12.1 Å². The maximum absolute atomic E-state index is 13.1. The molecule has 1 heterocycles. The van der Waals surface area contributed by atoms with E-state index in [0.717, 1.165) is 12.0 Å². The molecule has 0 saturated heterocycles. The van der Waals surface area contributed by atoms with Gasteiger partial charge in [-0.3, -0.25) is 14.2 Å². The smallest absolute Gasteiger partial charge is 0.262 e. The van der Waals surface area contributed by atoms with Crippen LogP contribution in [0, 0.1) is 5.92 Å². The van der Waals surface area contributed by atoms with Gasteiger partial charge in [-0.25, -0.2) is 4.98 Å². The third kappa shape index (κ3) is 6.07. The number of hydrogen-bond donors (Lipinski definition) is 1. The van der Waals surface area contributed by atoms with Crippen molar-refractivity contribution in [3.05, 3.63) is 58.4 Å². The van der Waals surface area contributed by atoms with Crippen LogP contribution in [0.1, 0.15) is 38.8 Å². The van der Waals surface area contributed by atoms with Gasteiger partial charge in [-0.15, -0.1) is 0 Å². The first-order valence-electron chi connectivity index (χ1n) is 11.0. The Labute approximate surface area is 198 Å². The molecule has 7 nitrogen and oxygen atoms in total. The number of carbonyl (C=O) groups excluding carboxylic acids is 1. The van der Waals surface area contributed by atoms with Crippen molar-refractivity contribution in [2.24, 2.45) is 5.92 Å². The van der Waals surface area contributed by atoms with Gasteiger partial charge >= 0.3 is 0 Å². The largest absolute Gasteiger partial charge is 0.497 e. The Balaban J connectivity index is 1.77. The molecule has 1 amide bonds. The summed E-state index contributed by atoms with van der Waals surface area (Å²) in [6.45, 7) is 6.70. The number of aromatic nitrogens is 2. The molecule has 0 aliphatic carbocycles. The zero-order chi connectivity index (χ0) is 24.0. The van der Waals surface area contributed by atoms with Crippen LogP contribution in [0.25, 0.3) is 10.9 Å².